The van der Waals surface area contributed by atoms with Crippen LogP contribution in [-0.2, 0) is 14.8 Å². The molecule has 2 aromatic rings. The van der Waals surface area contributed by atoms with Crippen LogP contribution in [0.4, 0.5) is 11.4 Å². The van der Waals surface area contributed by atoms with Crippen molar-refractivity contribution in [3.63, 3.8) is 0 Å². The fourth-order valence-electron chi connectivity index (χ4n) is 3.15. The van der Waals surface area contributed by atoms with Crippen molar-refractivity contribution in [2.75, 3.05) is 22.5 Å². The van der Waals surface area contributed by atoms with E-state index in [1.807, 2.05) is 19.9 Å². The third kappa shape index (κ3) is 6.09. The van der Waals surface area contributed by atoms with Gasteiger partial charge in [-0.05, 0) is 67.8 Å². The van der Waals surface area contributed by atoms with E-state index in [0.29, 0.717) is 30.2 Å². The zero-order chi connectivity index (χ0) is 21.6. The molecule has 0 heterocycles. The van der Waals surface area contributed by atoms with E-state index in [0.717, 1.165) is 17.4 Å². The summed E-state index contributed by atoms with van der Waals surface area (Å²) in [5.41, 5.74) is 2.91. The Labute approximate surface area is 173 Å². The summed E-state index contributed by atoms with van der Waals surface area (Å²) < 4.78 is 31.8. The van der Waals surface area contributed by atoms with E-state index in [1.54, 1.807) is 49.4 Å². The maximum Gasteiger partial charge on any atom is 0.248 e. The molecule has 1 N–H and O–H groups in total. The topological polar surface area (TPSA) is 75.7 Å². The lowest BCUT2D eigenvalue weighted by atomic mass is 10.1. The lowest BCUT2D eigenvalue weighted by Gasteiger charge is -2.30. The number of carbonyl (C=O) groups excluding carboxylic acids is 1. The number of nitrogens with one attached hydrogen (secondary N) is 1. The Hall–Kier alpha value is -2.80. The van der Waals surface area contributed by atoms with Crippen LogP contribution in [-0.4, -0.2) is 33.2 Å². The van der Waals surface area contributed by atoms with Crippen LogP contribution in [0.1, 0.15) is 24.5 Å². The summed E-state index contributed by atoms with van der Waals surface area (Å²) in [4.78, 5) is 13.0. The van der Waals surface area contributed by atoms with Gasteiger partial charge in [-0.15, -0.1) is 0 Å². The van der Waals surface area contributed by atoms with E-state index in [9.17, 15) is 13.2 Å². The summed E-state index contributed by atoms with van der Waals surface area (Å²) in [6, 6.07) is 11.5. The fraction of sp³-hybridized carbons (Fsp3) is 0.318. The molecule has 0 aliphatic heterocycles. The first-order chi connectivity index (χ1) is 13.7. The van der Waals surface area contributed by atoms with Gasteiger partial charge in [0.15, 0.2) is 0 Å². The fourth-order valence-corrected chi connectivity index (χ4v) is 4.35. The van der Waals surface area contributed by atoms with Crippen LogP contribution >= 0.6 is 0 Å². The highest BCUT2D eigenvalue weighted by Crippen LogP contribution is 2.26. The molecule has 0 saturated carbocycles. The molecule has 0 aromatic heterocycles. The predicted molar refractivity (Wildman–Crippen MR) is 118 cm³/mol. The SMILES string of the molecule is C=CCOc1ccc(NC(=O)[C@H](CC)N(c2cc(C)cc(C)c2)S(C)(=O)=O)cc1. The van der Waals surface area contributed by atoms with Crippen LogP contribution in [0, 0.1) is 13.8 Å². The van der Waals surface area contributed by atoms with Gasteiger partial charge in [-0.25, -0.2) is 8.42 Å². The first kappa shape index (κ1) is 22.5. The number of sulfonamides is 1. The largest absolute Gasteiger partial charge is 0.490 e. The molecule has 0 spiro atoms. The number of amides is 1. The molecule has 0 saturated heterocycles. The second-order valence-corrected chi connectivity index (χ2v) is 8.80. The molecule has 0 unspecified atom stereocenters. The molecule has 1 amide bonds. The third-order valence-corrected chi connectivity index (χ3v) is 5.46. The summed E-state index contributed by atoms with van der Waals surface area (Å²) in [5.74, 6) is 0.264. The Bertz CT molecular complexity index is 949. The van der Waals surface area contributed by atoms with Crippen LogP contribution in [0.2, 0.25) is 0 Å². The highest BCUT2D eigenvalue weighted by molar-refractivity contribution is 7.92. The van der Waals surface area contributed by atoms with Crippen molar-refractivity contribution in [2.24, 2.45) is 0 Å². The van der Waals surface area contributed by atoms with Crippen molar-refractivity contribution in [2.45, 2.75) is 33.2 Å². The normalized spacial score (nSPS) is 12.1. The van der Waals surface area contributed by atoms with Gasteiger partial charge in [-0.1, -0.05) is 25.6 Å². The number of benzene rings is 2. The van der Waals surface area contributed by atoms with Gasteiger partial charge in [0, 0.05) is 5.69 Å². The number of rotatable bonds is 9. The van der Waals surface area contributed by atoms with Gasteiger partial charge in [0.05, 0.1) is 11.9 Å². The van der Waals surface area contributed by atoms with Crippen molar-refractivity contribution >= 4 is 27.3 Å². The molecule has 29 heavy (non-hydrogen) atoms. The average Bonchev–Trinajstić information content (AvgIpc) is 2.63. The Kier molecular flexibility index (Phi) is 7.45. The van der Waals surface area contributed by atoms with E-state index < -0.39 is 22.0 Å². The predicted octanol–water partition coefficient (Wildman–Crippen LogP) is 4.05. The Morgan fingerprint density at radius 3 is 2.24 bits per heavy atom. The summed E-state index contributed by atoms with van der Waals surface area (Å²) >= 11 is 0. The summed E-state index contributed by atoms with van der Waals surface area (Å²) in [6.07, 6.45) is 3.09. The summed E-state index contributed by atoms with van der Waals surface area (Å²) in [6.45, 7) is 9.57. The Morgan fingerprint density at radius 2 is 1.76 bits per heavy atom. The Morgan fingerprint density at radius 1 is 1.17 bits per heavy atom. The number of hydrogen-bond donors (Lipinski definition) is 1. The number of aryl methyl sites for hydroxylation is 2. The average molecular weight is 417 g/mol. The van der Waals surface area contributed by atoms with E-state index in [-0.39, 0.29) is 0 Å². The van der Waals surface area contributed by atoms with Crippen LogP contribution in [0.15, 0.2) is 55.1 Å². The van der Waals surface area contributed by atoms with Gasteiger partial charge in [0.2, 0.25) is 15.9 Å². The van der Waals surface area contributed by atoms with Crippen LogP contribution < -0.4 is 14.4 Å². The van der Waals surface area contributed by atoms with E-state index in [1.165, 1.54) is 4.31 Å². The lowest BCUT2D eigenvalue weighted by molar-refractivity contribution is -0.117. The molecule has 6 nitrogen and oxygen atoms in total. The molecular formula is C22H28N2O4S. The molecule has 1 atom stereocenters. The van der Waals surface area contributed by atoms with E-state index in [4.69, 9.17) is 4.74 Å². The molecule has 0 bridgehead atoms. The van der Waals surface area contributed by atoms with Crippen LogP contribution in [0.3, 0.4) is 0 Å². The molecule has 0 aliphatic rings. The Balaban J connectivity index is 2.29. The first-order valence-corrected chi connectivity index (χ1v) is 11.2. The number of ether oxygens (including phenoxy) is 1. The zero-order valence-electron chi connectivity index (χ0n) is 17.3. The van der Waals surface area contributed by atoms with Gasteiger partial charge in [0.25, 0.3) is 0 Å². The van der Waals surface area contributed by atoms with Crippen molar-refractivity contribution < 1.29 is 17.9 Å². The smallest absolute Gasteiger partial charge is 0.248 e. The minimum absolute atomic E-state index is 0.326. The number of anilines is 2. The monoisotopic (exact) mass is 416 g/mol. The molecule has 0 aliphatic carbocycles. The number of hydrogen-bond acceptors (Lipinski definition) is 4. The molecule has 0 radical (unpaired) electrons. The van der Waals surface area contributed by atoms with Crippen LogP contribution in [0.5, 0.6) is 5.75 Å². The van der Waals surface area contributed by atoms with Crippen molar-refractivity contribution in [1.82, 2.24) is 0 Å². The lowest BCUT2D eigenvalue weighted by Crippen LogP contribution is -2.47. The first-order valence-electron chi connectivity index (χ1n) is 9.38. The van der Waals surface area contributed by atoms with Gasteiger partial charge in [0.1, 0.15) is 18.4 Å². The molecular weight excluding hydrogens is 388 g/mol. The van der Waals surface area contributed by atoms with Gasteiger partial charge in [-0.3, -0.25) is 9.10 Å². The van der Waals surface area contributed by atoms with Crippen LogP contribution in [0.25, 0.3) is 0 Å². The zero-order valence-corrected chi connectivity index (χ0v) is 18.1. The minimum atomic E-state index is -3.67. The quantitative estimate of drug-likeness (QED) is 0.626. The van der Waals surface area contributed by atoms with Crippen molar-refractivity contribution in [1.29, 1.82) is 0 Å². The molecule has 7 heteroatoms. The van der Waals surface area contributed by atoms with Gasteiger partial charge in [-0.2, -0.15) is 0 Å². The maximum atomic E-state index is 13.0. The molecule has 2 rings (SSSR count). The van der Waals surface area contributed by atoms with E-state index in [2.05, 4.69) is 11.9 Å². The molecule has 2 aromatic carbocycles. The van der Waals surface area contributed by atoms with Gasteiger partial charge < -0.3 is 10.1 Å². The summed E-state index contributed by atoms with van der Waals surface area (Å²) in [5, 5.41) is 2.81. The minimum Gasteiger partial charge on any atom is -0.490 e. The van der Waals surface area contributed by atoms with E-state index >= 15 is 0 Å². The van der Waals surface area contributed by atoms with Crippen molar-refractivity contribution in [3.05, 3.63) is 66.2 Å². The maximum absolute atomic E-state index is 13.0. The van der Waals surface area contributed by atoms with Crippen molar-refractivity contribution in [3.8, 4) is 5.75 Å². The second kappa shape index (κ2) is 9.60. The standard InChI is InChI=1S/C22H28N2O4S/c1-6-12-28-20-10-8-18(9-11-20)23-22(25)21(7-2)24(29(5,26)27)19-14-16(3)13-17(4)15-19/h6,8-11,13-15,21H,1,7,12H2,2-5H3,(H,23,25)/t21-/m0/s1. The molecule has 156 valence electrons. The van der Waals surface area contributed by atoms with Gasteiger partial charge >= 0.3 is 0 Å². The summed E-state index contributed by atoms with van der Waals surface area (Å²) in [7, 11) is -3.67. The third-order valence-electron chi connectivity index (χ3n) is 4.28. The highest BCUT2D eigenvalue weighted by atomic mass is 32.2. The number of nitrogens with zero attached hydrogens (tertiary/aromatic N) is 1. The number of carbonyl (C=O) groups is 1. The highest BCUT2D eigenvalue weighted by Gasteiger charge is 2.31. The second-order valence-electron chi connectivity index (χ2n) is 6.94. The molecule has 0 fully saturated rings.